The van der Waals surface area contributed by atoms with E-state index in [1.165, 1.54) is 0 Å². The largest absolute Gasteiger partial charge is 0.294 e. The van der Waals surface area contributed by atoms with Crippen LogP contribution in [0.25, 0.3) is 0 Å². The first-order valence-corrected chi connectivity index (χ1v) is 5.61. The predicted octanol–water partition coefficient (Wildman–Crippen LogP) is 3.81. The van der Waals surface area contributed by atoms with Crippen LogP contribution in [0.2, 0.25) is 0 Å². The summed E-state index contributed by atoms with van der Waals surface area (Å²) in [4.78, 5) is 11.5. The van der Waals surface area contributed by atoms with Gasteiger partial charge in [0.15, 0.2) is 5.78 Å². The normalized spacial score (nSPS) is 9.69. The van der Waals surface area contributed by atoms with Crippen LogP contribution in [0.15, 0.2) is 35.3 Å². The van der Waals surface area contributed by atoms with Crippen molar-refractivity contribution in [2.24, 2.45) is 0 Å². The molecule has 1 aromatic rings. The summed E-state index contributed by atoms with van der Waals surface area (Å²) in [6.45, 7) is 3.54. The molecule has 0 N–H and O–H groups in total. The first-order valence-electron chi connectivity index (χ1n) is 3.74. The third-order valence-electron chi connectivity index (χ3n) is 1.56. The Kier molecular flexibility index (Phi) is 4.12. The van der Waals surface area contributed by atoms with E-state index in [9.17, 15) is 4.79 Å². The lowest BCUT2D eigenvalue weighted by molar-refractivity contribution is 0.0995. The molecule has 0 aromatic heterocycles. The fourth-order valence-corrected chi connectivity index (χ4v) is 1.95. The van der Waals surface area contributed by atoms with Gasteiger partial charge in [0.05, 0.1) is 0 Å². The molecule has 0 spiro atoms. The number of carbonyl (C=O) groups is 1. The standard InChI is InChI=1S/C10H8BrIO/c1-2-3-10(13)8-6-7(11)4-5-9(8)12/h2,4-6H,1,3H2. The molecule has 0 unspecified atom stereocenters. The Balaban J connectivity index is 3.05. The summed E-state index contributed by atoms with van der Waals surface area (Å²) >= 11 is 5.49. The van der Waals surface area contributed by atoms with Crippen molar-refractivity contribution in [2.45, 2.75) is 6.42 Å². The molecule has 0 saturated heterocycles. The molecular weight excluding hydrogens is 343 g/mol. The molecule has 1 rings (SSSR count). The SMILES string of the molecule is C=CCC(=O)c1cc(Br)ccc1I. The number of hydrogen-bond acceptors (Lipinski definition) is 1. The maximum atomic E-state index is 11.5. The molecule has 13 heavy (non-hydrogen) atoms. The smallest absolute Gasteiger partial charge is 0.167 e. The molecule has 68 valence electrons. The zero-order valence-corrected chi connectivity index (χ0v) is 10.6. The summed E-state index contributed by atoms with van der Waals surface area (Å²) in [6, 6.07) is 5.68. The average Bonchev–Trinajstić information content (AvgIpc) is 2.09. The molecule has 0 atom stereocenters. The van der Waals surface area contributed by atoms with E-state index in [2.05, 4.69) is 45.1 Å². The highest BCUT2D eigenvalue weighted by Crippen LogP contribution is 2.19. The molecule has 1 aromatic carbocycles. The fourth-order valence-electron chi connectivity index (χ4n) is 0.952. The summed E-state index contributed by atoms with van der Waals surface area (Å²) in [5.41, 5.74) is 0.759. The maximum absolute atomic E-state index is 11.5. The third-order valence-corrected chi connectivity index (χ3v) is 2.99. The van der Waals surface area contributed by atoms with E-state index >= 15 is 0 Å². The number of rotatable bonds is 3. The van der Waals surface area contributed by atoms with Gasteiger partial charge in [0.25, 0.3) is 0 Å². The highest BCUT2D eigenvalue weighted by atomic mass is 127. The van der Waals surface area contributed by atoms with Crippen LogP contribution in [0.5, 0.6) is 0 Å². The fraction of sp³-hybridized carbons (Fsp3) is 0.100. The molecule has 0 aliphatic heterocycles. The molecule has 0 heterocycles. The van der Waals surface area contributed by atoms with Crippen molar-refractivity contribution in [1.82, 2.24) is 0 Å². The lowest BCUT2D eigenvalue weighted by atomic mass is 10.1. The van der Waals surface area contributed by atoms with Crippen LogP contribution in [-0.2, 0) is 0 Å². The van der Waals surface area contributed by atoms with Crippen molar-refractivity contribution in [2.75, 3.05) is 0 Å². The monoisotopic (exact) mass is 350 g/mol. The first kappa shape index (κ1) is 10.9. The number of benzene rings is 1. The van der Waals surface area contributed by atoms with Gasteiger partial charge in [-0.1, -0.05) is 22.0 Å². The topological polar surface area (TPSA) is 17.1 Å². The van der Waals surface area contributed by atoms with E-state index in [4.69, 9.17) is 0 Å². The number of carbonyl (C=O) groups excluding carboxylic acids is 1. The number of Topliss-reactive ketones (excluding diaryl/α,β-unsaturated/α-hetero) is 1. The quantitative estimate of drug-likeness (QED) is 0.460. The zero-order valence-electron chi connectivity index (χ0n) is 6.89. The van der Waals surface area contributed by atoms with Gasteiger partial charge in [-0.15, -0.1) is 6.58 Å². The minimum Gasteiger partial charge on any atom is -0.294 e. The van der Waals surface area contributed by atoms with E-state index in [1.807, 2.05) is 18.2 Å². The Bertz CT molecular complexity index is 347. The van der Waals surface area contributed by atoms with E-state index in [0.717, 1.165) is 13.6 Å². The Morgan fingerprint density at radius 1 is 1.62 bits per heavy atom. The molecule has 0 saturated carbocycles. The Morgan fingerprint density at radius 2 is 2.31 bits per heavy atom. The van der Waals surface area contributed by atoms with Crippen molar-refractivity contribution in [1.29, 1.82) is 0 Å². The highest BCUT2D eigenvalue weighted by molar-refractivity contribution is 14.1. The van der Waals surface area contributed by atoms with E-state index in [0.29, 0.717) is 6.42 Å². The number of halogens is 2. The van der Waals surface area contributed by atoms with Crippen molar-refractivity contribution >= 4 is 44.3 Å². The van der Waals surface area contributed by atoms with E-state index < -0.39 is 0 Å². The Labute approximate surface area is 99.5 Å². The molecular formula is C10H8BrIO. The first-order chi connectivity index (χ1) is 6.15. The van der Waals surface area contributed by atoms with Crippen LogP contribution in [0.4, 0.5) is 0 Å². The number of hydrogen-bond donors (Lipinski definition) is 0. The van der Waals surface area contributed by atoms with Gasteiger partial charge in [0.1, 0.15) is 0 Å². The van der Waals surface area contributed by atoms with Crippen LogP contribution >= 0.6 is 38.5 Å². The van der Waals surface area contributed by atoms with Gasteiger partial charge in [-0.25, -0.2) is 0 Å². The second-order valence-corrected chi connectivity index (χ2v) is 4.62. The summed E-state index contributed by atoms with van der Waals surface area (Å²) < 4.78 is 1.91. The van der Waals surface area contributed by atoms with Crippen molar-refractivity contribution in [3.63, 3.8) is 0 Å². The zero-order chi connectivity index (χ0) is 9.84. The molecule has 0 fully saturated rings. The van der Waals surface area contributed by atoms with Gasteiger partial charge in [-0.2, -0.15) is 0 Å². The average molecular weight is 351 g/mol. The van der Waals surface area contributed by atoms with Crippen molar-refractivity contribution in [3.05, 3.63) is 44.5 Å². The van der Waals surface area contributed by atoms with Crippen molar-refractivity contribution < 1.29 is 4.79 Å². The van der Waals surface area contributed by atoms with Crippen LogP contribution in [0.1, 0.15) is 16.8 Å². The maximum Gasteiger partial charge on any atom is 0.167 e. The van der Waals surface area contributed by atoms with Gasteiger partial charge < -0.3 is 0 Å². The molecule has 0 amide bonds. The summed E-state index contributed by atoms with van der Waals surface area (Å²) in [7, 11) is 0. The Morgan fingerprint density at radius 3 is 2.92 bits per heavy atom. The molecule has 0 radical (unpaired) electrons. The van der Waals surface area contributed by atoms with Gasteiger partial charge in [0.2, 0.25) is 0 Å². The Hall–Kier alpha value is -0.160. The molecule has 0 bridgehead atoms. The van der Waals surface area contributed by atoms with Crippen LogP contribution in [0, 0.1) is 3.57 Å². The minimum absolute atomic E-state index is 0.112. The van der Waals surface area contributed by atoms with Gasteiger partial charge in [0, 0.05) is 20.0 Å². The van der Waals surface area contributed by atoms with Crippen LogP contribution < -0.4 is 0 Å². The summed E-state index contributed by atoms with van der Waals surface area (Å²) in [5.74, 6) is 0.112. The molecule has 0 aliphatic carbocycles. The van der Waals surface area contributed by atoms with Gasteiger partial charge in [-0.3, -0.25) is 4.79 Å². The number of ketones is 1. The van der Waals surface area contributed by atoms with Gasteiger partial charge in [-0.05, 0) is 40.8 Å². The van der Waals surface area contributed by atoms with Crippen LogP contribution in [0.3, 0.4) is 0 Å². The minimum atomic E-state index is 0.112. The lowest BCUT2D eigenvalue weighted by Crippen LogP contribution is -1.99. The number of allylic oxidation sites excluding steroid dienone is 1. The van der Waals surface area contributed by atoms with E-state index in [-0.39, 0.29) is 5.78 Å². The van der Waals surface area contributed by atoms with E-state index in [1.54, 1.807) is 6.08 Å². The third kappa shape index (κ3) is 2.91. The highest BCUT2D eigenvalue weighted by Gasteiger charge is 2.08. The predicted molar refractivity (Wildman–Crippen MR) is 66.0 cm³/mol. The molecule has 0 aliphatic rings. The second-order valence-electron chi connectivity index (χ2n) is 2.54. The van der Waals surface area contributed by atoms with Gasteiger partial charge >= 0.3 is 0 Å². The molecule has 1 nitrogen and oxygen atoms in total. The van der Waals surface area contributed by atoms with Crippen LogP contribution in [-0.4, -0.2) is 5.78 Å². The van der Waals surface area contributed by atoms with Crippen molar-refractivity contribution in [3.8, 4) is 0 Å². The molecule has 3 heteroatoms. The lowest BCUT2D eigenvalue weighted by Gasteiger charge is -2.01. The summed E-state index contributed by atoms with van der Waals surface area (Å²) in [6.07, 6.45) is 2.02. The summed E-state index contributed by atoms with van der Waals surface area (Å²) in [5, 5.41) is 0. The second kappa shape index (κ2) is 4.91.